The fourth-order valence-electron chi connectivity index (χ4n) is 11.7. The van der Waals surface area contributed by atoms with Crippen molar-refractivity contribution in [2.75, 3.05) is 40.0 Å². The van der Waals surface area contributed by atoms with E-state index < -0.39 is 95.9 Å². The second-order valence-electron chi connectivity index (χ2n) is 21.8. The maximum atomic E-state index is 12.9. The second-order valence-corrected chi connectivity index (χ2v) is 21.8. The number of aliphatic hydroxyl groups excluding tert-OH is 4. The number of benzene rings is 1. The number of nitrogens with two attached hydrogens (primary N) is 1. The van der Waals surface area contributed by atoms with Crippen LogP contribution in [0.5, 0.6) is 0 Å². The number of likely N-dealkylation sites (N-methyl/N-ethyl adjacent to an activating group) is 2. The molecule has 8 N–H and O–H groups in total. The maximum absolute atomic E-state index is 12.9. The van der Waals surface area contributed by atoms with Crippen LogP contribution in [0.2, 0.25) is 0 Å². The number of methoxy groups -OCH3 is 1. The molecule has 2 unspecified atom stereocenters. The van der Waals surface area contributed by atoms with E-state index in [4.69, 9.17) is 29.4 Å². The normalized spacial score (nSPS) is 41.9. The van der Waals surface area contributed by atoms with Crippen LogP contribution in [0.15, 0.2) is 30.5 Å². The summed E-state index contributed by atoms with van der Waals surface area (Å²) in [6, 6.07) is 7.12. The van der Waals surface area contributed by atoms with Crippen LogP contribution in [0.25, 0.3) is 0 Å². The van der Waals surface area contributed by atoms with Crippen LogP contribution in [0.1, 0.15) is 119 Å². The lowest BCUT2D eigenvalue weighted by atomic mass is 9.68. The number of aromatic nitrogens is 3. The number of ether oxygens (including phenoxy) is 5. The highest BCUT2D eigenvalue weighted by Crippen LogP contribution is 2.45. The van der Waals surface area contributed by atoms with Gasteiger partial charge in [-0.05, 0) is 130 Å². The number of unbranched alkanes of at least 4 members (excludes halogenated alkanes) is 1. The third-order valence-corrected chi connectivity index (χ3v) is 16.0. The molecule has 17 heteroatoms. The van der Waals surface area contributed by atoms with Crippen molar-refractivity contribution in [3.05, 3.63) is 41.7 Å². The number of anilines is 1. The third-order valence-electron chi connectivity index (χ3n) is 16.0. The quantitative estimate of drug-likeness (QED) is 0.106. The predicted octanol–water partition coefficient (Wildman–Crippen LogP) is 3.78. The number of nitrogen functional groups attached to an aromatic ring is 1. The molecule has 4 heterocycles. The van der Waals surface area contributed by atoms with Crippen molar-refractivity contribution >= 4 is 5.69 Å². The van der Waals surface area contributed by atoms with E-state index in [0.29, 0.717) is 32.4 Å². The number of aryl methyl sites for hydroxylation is 2. The van der Waals surface area contributed by atoms with E-state index in [-0.39, 0.29) is 30.9 Å². The van der Waals surface area contributed by atoms with Crippen LogP contribution in [0.3, 0.4) is 0 Å². The molecule has 0 radical (unpaired) electrons. The van der Waals surface area contributed by atoms with E-state index in [1.54, 1.807) is 27.9 Å². The van der Waals surface area contributed by atoms with Crippen molar-refractivity contribution in [3.8, 4) is 0 Å². The van der Waals surface area contributed by atoms with Crippen LogP contribution < -0.4 is 5.73 Å². The van der Waals surface area contributed by atoms with Gasteiger partial charge in [0.15, 0.2) is 12.6 Å². The standard InChI is InChI=1S/C51H90N6O11/c1-14-41-51(10,63)44(59)34(6)56(12)28-30(2)26-49(8,62)46(32(4)42(33(5)47(61)67-41)40-27-50(9,64-13)45(60)35(7)66-40)68-48-43(58)39(25-31(3)65-48)55(11)24-22-38-29-57(54-53-38)23-16-15-17-36-18-20-37(52)21-19-36/h18-21,29-35,39-48,58-63H,14-17,22-28,52H2,1-13H3/t30-,31-,32+,33-,34-,35+,39+,40?,41-,42+,43-,44-,45+,46-,47?,48+,49-,50-,51-/m1/s1. The lowest BCUT2D eigenvalue weighted by molar-refractivity contribution is -0.307. The van der Waals surface area contributed by atoms with Crippen LogP contribution in [0.4, 0.5) is 5.69 Å². The first-order valence-corrected chi connectivity index (χ1v) is 25.3. The van der Waals surface area contributed by atoms with Gasteiger partial charge in [0.2, 0.25) is 0 Å². The smallest absolute Gasteiger partial charge is 0.185 e. The van der Waals surface area contributed by atoms with Crippen molar-refractivity contribution in [1.82, 2.24) is 24.8 Å². The van der Waals surface area contributed by atoms with Gasteiger partial charge in [-0.3, -0.25) is 4.68 Å². The summed E-state index contributed by atoms with van der Waals surface area (Å²) >= 11 is 0. The molecule has 390 valence electrons. The van der Waals surface area contributed by atoms with E-state index in [2.05, 4.69) is 27.3 Å². The average Bonchev–Trinajstić information content (AvgIpc) is 3.74. The largest absolute Gasteiger partial charge is 0.399 e. The van der Waals surface area contributed by atoms with Crippen molar-refractivity contribution in [1.29, 1.82) is 0 Å². The van der Waals surface area contributed by atoms with E-state index in [9.17, 15) is 30.6 Å². The van der Waals surface area contributed by atoms with E-state index in [1.807, 2.05) is 90.5 Å². The second kappa shape index (κ2) is 23.9. The lowest BCUT2D eigenvalue weighted by Crippen LogP contribution is -2.62. The van der Waals surface area contributed by atoms with E-state index in [1.165, 1.54) is 5.56 Å². The highest BCUT2D eigenvalue weighted by molar-refractivity contribution is 5.39. The third kappa shape index (κ3) is 13.6. The molecule has 3 saturated heterocycles. The van der Waals surface area contributed by atoms with Gasteiger partial charge < -0.3 is 69.9 Å². The molecule has 5 rings (SSSR count). The minimum absolute atomic E-state index is 0.141. The zero-order valence-corrected chi connectivity index (χ0v) is 43.4. The van der Waals surface area contributed by atoms with Gasteiger partial charge in [0.25, 0.3) is 0 Å². The number of rotatable bonds is 14. The van der Waals surface area contributed by atoms with Gasteiger partial charge in [-0.1, -0.05) is 45.0 Å². The molecular formula is C51H90N6O11. The number of aliphatic hydroxyl groups is 6. The Morgan fingerprint density at radius 2 is 1.57 bits per heavy atom. The molecule has 0 amide bonds. The molecule has 17 nitrogen and oxygen atoms in total. The molecule has 19 atom stereocenters. The summed E-state index contributed by atoms with van der Waals surface area (Å²) in [6.45, 7) is 20.2. The van der Waals surface area contributed by atoms with Crippen LogP contribution in [0, 0.1) is 23.7 Å². The first-order valence-electron chi connectivity index (χ1n) is 25.3. The van der Waals surface area contributed by atoms with Crippen LogP contribution in [-0.4, -0.2) is 180 Å². The highest BCUT2D eigenvalue weighted by atomic mass is 16.7. The Kier molecular flexibility index (Phi) is 19.9. The van der Waals surface area contributed by atoms with Gasteiger partial charge in [0.1, 0.15) is 23.9 Å². The molecule has 68 heavy (non-hydrogen) atoms. The summed E-state index contributed by atoms with van der Waals surface area (Å²) < 4.78 is 34.4. The zero-order chi connectivity index (χ0) is 50.5. The van der Waals surface area contributed by atoms with Gasteiger partial charge in [-0.2, -0.15) is 0 Å². The summed E-state index contributed by atoms with van der Waals surface area (Å²) in [4.78, 5) is 4.08. The summed E-state index contributed by atoms with van der Waals surface area (Å²) in [7, 11) is 5.41. The van der Waals surface area contributed by atoms with Gasteiger partial charge in [-0.25, -0.2) is 0 Å². The van der Waals surface area contributed by atoms with Gasteiger partial charge in [0, 0.05) is 69.5 Å². The monoisotopic (exact) mass is 963 g/mol. The van der Waals surface area contributed by atoms with Crippen molar-refractivity contribution < 1.29 is 54.3 Å². The number of nitrogens with zero attached hydrogens (tertiary/aromatic N) is 5. The Balaban J connectivity index is 1.41. The Hall–Kier alpha value is -2.36. The van der Waals surface area contributed by atoms with Crippen molar-refractivity contribution in [2.45, 2.75) is 217 Å². The molecule has 0 aliphatic carbocycles. The Labute approximate surface area is 406 Å². The minimum Gasteiger partial charge on any atom is -0.399 e. The van der Waals surface area contributed by atoms with Crippen LogP contribution >= 0.6 is 0 Å². The average molecular weight is 963 g/mol. The Morgan fingerprint density at radius 1 is 0.897 bits per heavy atom. The molecule has 1 aromatic carbocycles. The molecule has 3 aliphatic rings. The summed E-state index contributed by atoms with van der Waals surface area (Å²) in [5, 5.41) is 81.1. The topological polar surface area (TPSA) is 231 Å². The maximum Gasteiger partial charge on any atom is 0.185 e. The molecule has 2 aromatic rings. The van der Waals surface area contributed by atoms with Crippen molar-refractivity contribution in [2.24, 2.45) is 23.7 Å². The molecule has 0 spiro atoms. The Morgan fingerprint density at radius 3 is 2.22 bits per heavy atom. The summed E-state index contributed by atoms with van der Waals surface area (Å²) in [5.41, 5.74) is 4.42. The number of hydrogen-bond donors (Lipinski definition) is 7. The predicted molar refractivity (Wildman–Crippen MR) is 260 cm³/mol. The summed E-state index contributed by atoms with van der Waals surface area (Å²) in [6.07, 6.45) is -2.55. The van der Waals surface area contributed by atoms with Crippen molar-refractivity contribution in [3.63, 3.8) is 0 Å². The van der Waals surface area contributed by atoms with Gasteiger partial charge in [0.05, 0.1) is 47.4 Å². The fraction of sp³-hybridized carbons (Fsp3) is 0.843. The van der Waals surface area contributed by atoms with E-state index >= 15 is 0 Å². The first-order chi connectivity index (χ1) is 31.8. The lowest BCUT2D eigenvalue weighted by Gasteiger charge is -2.52. The van der Waals surface area contributed by atoms with Gasteiger partial charge in [-0.15, -0.1) is 5.10 Å². The molecule has 1 aromatic heterocycles. The first kappa shape index (κ1) is 56.6. The zero-order valence-electron chi connectivity index (χ0n) is 43.4. The SMILES string of the molecule is CC[C@H]1OC(O)[C@H](C)[C@@H](C2C[C@@](C)(OC)[C@@H](O)[C@H](C)O2)[C@H](C)[C@@H](O[C@@H]2O[C@H](C)C[C@H](N(C)CCc3cn(CCCCc4ccc(N)cc4)nn3)[C@H]2O)[C@](C)(O)C[C@@H](C)CN(C)[C@H](C)[C@@H](O)[C@]1(C)O. The Bertz CT molecular complexity index is 1820. The molecule has 3 fully saturated rings. The number of hydrogen-bond acceptors (Lipinski definition) is 16. The summed E-state index contributed by atoms with van der Waals surface area (Å²) in [5.74, 6) is -2.07. The molecule has 3 aliphatic heterocycles. The van der Waals surface area contributed by atoms with E-state index in [0.717, 1.165) is 37.2 Å². The molecule has 0 saturated carbocycles. The molecular weight excluding hydrogens is 873 g/mol. The highest BCUT2D eigenvalue weighted by Gasteiger charge is 2.55. The van der Waals surface area contributed by atoms with Crippen LogP contribution in [-0.2, 0) is 43.1 Å². The molecule has 0 bridgehead atoms. The minimum atomic E-state index is -1.74. The van der Waals surface area contributed by atoms with Gasteiger partial charge >= 0.3 is 0 Å². The fourth-order valence-corrected chi connectivity index (χ4v) is 11.7.